The molecule has 0 aliphatic carbocycles. The number of benzene rings is 1. The molecule has 0 aliphatic rings. The van der Waals surface area contributed by atoms with Gasteiger partial charge < -0.3 is 15.6 Å². The molecule has 0 spiro atoms. The molecule has 0 bridgehead atoms. The highest BCUT2D eigenvalue weighted by Crippen LogP contribution is 2.10. The zero-order valence-electron chi connectivity index (χ0n) is 10.6. The summed E-state index contributed by atoms with van der Waals surface area (Å²) in [4.78, 5) is 2.07. The number of aliphatic hydroxyl groups is 1. The summed E-state index contributed by atoms with van der Waals surface area (Å²) in [5.41, 5.74) is 8.05. The van der Waals surface area contributed by atoms with Crippen molar-refractivity contribution in [1.82, 2.24) is 4.90 Å². The number of methoxy groups -OCH3 is 1. The molecule has 4 nitrogen and oxygen atoms in total. The minimum absolute atomic E-state index is 0.364. The summed E-state index contributed by atoms with van der Waals surface area (Å²) < 4.78 is 4.90. The van der Waals surface area contributed by atoms with Gasteiger partial charge >= 0.3 is 0 Å². The van der Waals surface area contributed by atoms with Gasteiger partial charge in [-0.1, -0.05) is 24.3 Å². The van der Waals surface area contributed by atoms with Crippen LogP contribution in [0.1, 0.15) is 11.1 Å². The van der Waals surface area contributed by atoms with Crippen molar-refractivity contribution < 1.29 is 9.84 Å². The van der Waals surface area contributed by atoms with E-state index in [4.69, 9.17) is 10.5 Å². The van der Waals surface area contributed by atoms with Gasteiger partial charge in [0, 0.05) is 26.7 Å². The van der Waals surface area contributed by atoms with Crippen molar-refractivity contribution in [2.75, 3.05) is 27.3 Å². The van der Waals surface area contributed by atoms with Gasteiger partial charge in [0.25, 0.3) is 0 Å². The normalized spacial score (nSPS) is 13.0. The van der Waals surface area contributed by atoms with Crippen molar-refractivity contribution >= 4 is 0 Å². The quantitative estimate of drug-likeness (QED) is 0.730. The third-order valence-corrected chi connectivity index (χ3v) is 2.66. The predicted octanol–water partition coefficient (Wildman–Crippen LogP) is 0.584. The first-order valence-electron chi connectivity index (χ1n) is 5.79. The molecule has 4 heteroatoms. The molecule has 17 heavy (non-hydrogen) atoms. The Bertz CT molecular complexity index is 331. The molecular weight excluding hydrogens is 216 g/mol. The Morgan fingerprint density at radius 1 is 1.35 bits per heavy atom. The molecule has 3 N–H and O–H groups in total. The van der Waals surface area contributed by atoms with Crippen LogP contribution in [0, 0.1) is 0 Å². The molecule has 1 aromatic carbocycles. The van der Waals surface area contributed by atoms with Crippen LogP contribution in [0.5, 0.6) is 0 Å². The topological polar surface area (TPSA) is 58.7 Å². The van der Waals surface area contributed by atoms with Gasteiger partial charge in [-0.3, -0.25) is 4.90 Å². The van der Waals surface area contributed by atoms with Crippen LogP contribution in [0.4, 0.5) is 0 Å². The van der Waals surface area contributed by atoms with Crippen LogP contribution in [0.3, 0.4) is 0 Å². The van der Waals surface area contributed by atoms with Gasteiger partial charge in [-0.2, -0.15) is 0 Å². The zero-order valence-corrected chi connectivity index (χ0v) is 10.6. The van der Waals surface area contributed by atoms with Crippen LogP contribution < -0.4 is 5.73 Å². The van der Waals surface area contributed by atoms with Crippen molar-refractivity contribution in [3.8, 4) is 0 Å². The Balaban J connectivity index is 2.52. The molecule has 1 aromatic rings. The molecule has 1 unspecified atom stereocenters. The van der Waals surface area contributed by atoms with Gasteiger partial charge in [0.05, 0.1) is 12.7 Å². The van der Waals surface area contributed by atoms with E-state index in [-0.39, 0.29) is 0 Å². The second-order valence-corrected chi connectivity index (χ2v) is 4.28. The van der Waals surface area contributed by atoms with Gasteiger partial charge in [-0.15, -0.1) is 0 Å². The fraction of sp³-hybridized carbons (Fsp3) is 0.538. The van der Waals surface area contributed by atoms with Crippen molar-refractivity contribution in [2.45, 2.75) is 19.2 Å². The number of hydrogen-bond acceptors (Lipinski definition) is 4. The molecule has 0 aliphatic heterocycles. The highest BCUT2D eigenvalue weighted by molar-refractivity contribution is 5.26. The van der Waals surface area contributed by atoms with Crippen LogP contribution in [0.25, 0.3) is 0 Å². The summed E-state index contributed by atoms with van der Waals surface area (Å²) in [5, 5.41) is 9.63. The minimum atomic E-state index is -0.449. The van der Waals surface area contributed by atoms with Gasteiger partial charge in [0.2, 0.25) is 0 Å². The lowest BCUT2D eigenvalue weighted by Gasteiger charge is -2.21. The first-order chi connectivity index (χ1) is 8.17. The molecule has 0 fully saturated rings. The van der Waals surface area contributed by atoms with E-state index in [1.54, 1.807) is 7.11 Å². The molecule has 0 saturated carbocycles. The second kappa shape index (κ2) is 7.40. The molecule has 0 aromatic heterocycles. The van der Waals surface area contributed by atoms with E-state index in [2.05, 4.69) is 11.0 Å². The second-order valence-electron chi connectivity index (χ2n) is 4.28. The summed E-state index contributed by atoms with van der Waals surface area (Å²) in [6.07, 6.45) is -0.449. The predicted molar refractivity (Wildman–Crippen MR) is 68.6 cm³/mol. The maximum absolute atomic E-state index is 9.63. The van der Waals surface area contributed by atoms with E-state index in [1.807, 2.05) is 25.2 Å². The van der Waals surface area contributed by atoms with E-state index in [0.29, 0.717) is 19.7 Å². The number of nitrogens with two attached hydrogens (primary N) is 1. The van der Waals surface area contributed by atoms with Crippen LogP contribution in [0.15, 0.2) is 24.3 Å². The molecule has 1 atom stereocenters. The number of hydrogen-bond donors (Lipinski definition) is 2. The first kappa shape index (κ1) is 14.1. The molecule has 96 valence electrons. The number of nitrogens with zero attached hydrogens (tertiary/aromatic N) is 1. The number of likely N-dealkylation sites (N-methyl/N-ethyl adjacent to an activating group) is 1. The number of aliphatic hydroxyl groups excluding tert-OH is 1. The Morgan fingerprint density at radius 3 is 2.59 bits per heavy atom. The molecule has 0 radical (unpaired) electrons. The summed E-state index contributed by atoms with van der Waals surface area (Å²) in [7, 11) is 3.57. The maximum atomic E-state index is 9.63. The fourth-order valence-corrected chi connectivity index (χ4v) is 1.87. The van der Waals surface area contributed by atoms with E-state index in [1.165, 1.54) is 5.56 Å². The van der Waals surface area contributed by atoms with Gasteiger partial charge in [0.15, 0.2) is 0 Å². The smallest absolute Gasteiger partial charge is 0.0900 e. The fourth-order valence-electron chi connectivity index (χ4n) is 1.87. The third kappa shape index (κ3) is 4.83. The summed E-state index contributed by atoms with van der Waals surface area (Å²) >= 11 is 0. The van der Waals surface area contributed by atoms with E-state index >= 15 is 0 Å². The Kier molecular flexibility index (Phi) is 6.15. The van der Waals surface area contributed by atoms with E-state index in [9.17, 15) is 5.11 Å². The summed E-state index contributed by atoms with van der Waals surface area (Å²) in [6, 6.07) is 8.11. The van der Waals surface area contributed by atoms with Crippen molar-refractivity contribution in [3.63, 3.8) is 0 Å². The first-order valence-corrected chi connectivity index (χ1v) is 5.79. The molecular formula is C13H22N2O2. The van der Waals surface area contributed by atoms with Crippen molar-refractivity contribution in [1.29, 1.82) is 0 Å². The summed E-state index contributed by atoms with van der Waals surface area (Å²) in [5.74, 6) is 0. The van der Waals surface area contributed by atoms with Crippen LogP contribution in [-0.2, 0) is 17.8 Å². The van der Waals surface area contributed by atoms with Gasteiger partial charge in [0.1, 0.15) is 0 Å². The zero-order chi connectivity index (χ0) is 12.7. The van der Waals surface area contributed by atoms with E-state index in [0.717, 1.165) is 12.1 Å². The molecule has 1 rings (SSSR count). The minimum Gasteiger partial charge on any atom is -0.389 e. The lowest BCUT2D eigenvalue weighted by atomic mass is 10.1. The van der Waals surface area contributed by atoms with Crippen molar-refractivity contribution in [2.24, 2.45) is 5.73 Å². The number of rotatable bonds is 7. The third-order valence-electron chi connectivity index (χ3n) is 2.66. The Morgan fingerprint density at radius 2 is 2.00 bits per heavy atom. The number of ether oxygens (including phenoxy) is 1. The van der Waals surface area contributed by atoms with Crippen molar-refractivity contribution in [3.05, 3.63) is 35.4 Å². The van der Waals surface area contributed by atoms with Crippen LogP contribution in [-0.4, -0.2) is 43.4 Å². The average molecular weight is 238 g/mol. The summed E-state index contributed by atoms with van der Waals surface area (Å²) in [6.45, 7) is 2.29. The largest absolute Gasteiger partial charge is 0.389 e. The average Bonchev–Trinajstić information content (AvgIpc) is 2.29. The molecule has 0 heterocycles. The standard InChI is InChI=1S/C13H22N2O2/c1-15(9-13(16)10-17-2)8-12-6-4-3-5-11(12)7-14/h3-6,13,16H,7-10,14H2,1-2H3. The molecule has 0 saturated heterocycles. The Hall–Kier alpha value is -0.940. The monoisotopic (exact) mass is 238 g/mol. The highest BCUT2D eigenvalue weighted by atomic mass is 16.5. The highest BCUT2D eigenvalue weighted by Gasteiger charge is 2.09. The maximum Gasteiger partial charge on any atom is 0.0900 e. The van der Waals surface area contributed by atoms with E-state index < -0.39 is 6.10 Å². The van der Waals surface area contributed by atoms with Gasteiger partial charge in [-0.05, 0) is 18.2 Å². The van der Waals surface area contributed by atoms with Gasteiger partial charge in [-0.25, -0.2) is 0 Å². The molecule has 0 amide bonds. The van der Waals surface area contributed by atoms with Crippen LogP contribution >= 0.6 is 0 Å². The SMILES string of the molecule is COCC(O)CN(C)Cc1ccccc1CN. The lowest BCUT2D eigenvalue weighted by molar-refractivity contribution is 0.0418. The Labute approximate surface area is 103 Å². The van der Waals surface area contributed by atoms with Crippen LogP contribution in [0.2, 0.25) is 0 Å². The lowest BCUT2D eigenvalue weighted by Crippen LogP contribution is -2.31.